The molecular formula is C28H34F2N6O4. The predicted molar refractivity (Wildman–Crippen MR) is 145 cm³/mol. The lowest BCUT2D eigenvalue weighted by Crippen LogP contribution is -2.31. The number of alkyl halides is 2. The molecule has 3 aromatic rings. The summed E-state index contributed by atoms with van der Waals surface area (Å²) in [6.07, 6.45) is -0.775. The summed E-state index contributed by atoms with van der Waals surface area (Å²) in [5.41, 5.74) is -0.931. The van der Waals surface area contributed by atoms with Gasteiger partial charge in [0.15, 0.2) is 11.5 Å². The Bertz CT molecular complexity index is 1420. The van der Waals surface area contributed by atoms with Crippen LogP contribution in [0.15, 0.2) is 34.9 Å². The molecule has 3 rings (SSSR count). The zero-order valence-corrected chi connectivity index (χ0v) is 23.8. The smallest absolute Gasteiger partial charge is 0.413 e. The molecule has 0 unspecified atom stereocenters. The summed E-state index contributed by atoms with van der Waals surface area (Å²) >= 11 is 0. The molecule has 0 saturated heterocycles. The Kier molecular flexibility index (Phi) is 8.38. The van der Waals surface area contributed by atoms with Crippen molar-refractivity contribution >= 4 is 23.7 Å². The van der Waals surface area contributed by atoms with E-state index in [1.165, 1.54) is 25.5 Å². The summed E-state index contributed by atoms with van der Waals surface area (Å²) in [5, 5.41) is 23.0. The van der Waals surface area contributed by atoms with Crippen LogP contribution < -0.4 is 10.6 Å². The van der Waals surface area contributed by atoms with Gasteiger partial charge in [-0.1, -0.05) is 50.2 Å². The molecule has 0 bridgehead atoms. The van der Waals surface area contributed by atoms with Crippen LogP contribution in [-0.2, 0) is 21.9 Å². The number of halogens is 2. The number of carbonyl (C=O) groups excluding carboxylic acids is 2. The topological polar surface area (TPSA) is 135 Å². The van der Waals surface area contributed by atoms with Gasteiger partial charge in [0.1, 0.15) is 22.9 Å². The molecule has 0 spiro atoms. The molecule has 0 aliphatic carbocycles. The van der Waals surface area contributed by atoms with Crippen molar-refractivity contribution in [3.63, 3.8) is 0 Å². The first-order valence-corrected chi connectivity index (χ1v) is 12.7. The van der Waals surface area contributed by atoms with Crippen LogP contribution in [0.2, 0.25) is 0 Å². The van der Waals surface area contributed by atoms with E-state index in [9.17, 15) is 23.6 Å². The minimum atomic E-state index is -3.25. The van der Waals surface area contributed by atoms with Gasteiger partial charge in [0.2, 0.25) is 11.8 Å². The third kappa shape index (κ3) is 6.83. The molecular weight excluding hydrogens is 522 g/mol. The number of ether oxygens (including phenoxy) is 1. The molecule has 2 N–H and O–H groups in total. The average Bonchev–Trinajstić information content (AvgIpc) is 3.42. The lowest BCUT2D eigenvalue weighted by molar-refractivity contribution is -0.115. The Labute approximate surface area is 231 Å². The third-order valence-electron chi connectivity index (χ3n) is 5.76. The lowest BCUT2D eigenvalue weighted by Gasteiger charge is -2.27. The van der Waals surface area contributed by atoms with Gasteiger partial charge in [0.25, 0.3) is 5.92 Å². The number of anilines is 2. The highest BCUT2D eigenvalue weighted by atomic mass is 19.3. The highest BCUT2D eigenvalue weighted by molar-refractivity contribution is 5.91. The molecule has 0 radical (unpaired) electrons. The van der Waals surface area contributed by atoms with Crippen molar-refractivity contribution in [3.8, 4) is 17.3 Å². The fraction of sp³-hybridized carbons (Fsp3) is 0.464. The van der Waals surface area contributed by atoms with Crippen molar-refractivity contribution in [2.75, 3.05) is 10.6 Å². The molecule has 0 fully saturated rings. The number of nitriles is 1. The van der Waals surface area contributed by atoms with Crippen LogP contribution in [0.1, 0.15) is 78.3 Å². The summed E-state index contributed by atoms with van der Waals surface area (Å²) < 4.78 is 40.8. The van der Waals surface area contributed by atoms with Gasteiger partial charge in [-0.05, 0) is 40.2 Å². The van der Waals surface area contributed by atoms with E-state index in [4.69, 9.17) is 9.26 Å². The number of nitrogens with zero attached hydrogens (tertiary/aromatic N) is 4. The number of nitrogens with one attached hydrogen (secondary N) is 2. The van der Waals surface area contributed by atoms with Crippen molar-refractivity contribution in [1.82, 2.24) is 14.9 Å². The highest BCUT2D eigenvalue weighted by Gasteiger charge is 2.47. The lowest BCUT2D eigenvalue weighted by atomic mass is 9.86. The second-order valence-electron chi connectivity index (χ2n) is 11.7. The van der Waals surface area contributed by atoms with Crippen LogP contribution in [0.4, 0.5) is 25.3 Å². The van der Waals surface area contributed by atoms with E-state index < -0.39 is 34.6 Å². The van der Waals surface area contributed by atoms with E-state index in [1.54, 1.807) is 45.0 Å². The summed E-state index contributed by atoms with van der Waals surface area (Å²) in [7, 11) is 0. The molecule has 2 heterocycles. The molecule has 0 atom stereocenters. The Morgan fingerprint density at radius 1 is 1.10 bits per heavy atom. The number of carbonyl (C=O) groups is 2. The molecule has 0 aliphatic rings. The van der Waals surface area contributed by atoms with Gasteiger partial charge in [0.05, 0.1) is 6.42 Å². The van der Waals surface area contributed by atoms with Gasteiger partial charge in [-0.3, -0.25) is 15.4 Å². The SMILES string of the molecule is CC(C)n1nc(-c2ccc(CC(=O)Nc3cc(C(F)(F)C(C)(C)C)no3)cc2)c(C#N)c1NC(=O)OC(C)(C)C. The minimum Gasteiger partial charge on any atom is -0.444 e. The Balaban J connectivity index is 1.77. The fourth-order valence-corrected chi connectivity index (χ4v) is 3.65. The first kappa shape index (κ1) is 30.3. The second-order valence-corrected chi connectivity index (χ2v) is 11.7. The molecule has 40 heavy (non-hydrogen) atoms. The molecule has 214 valence electrons. The van der Waals surface area contributed by atoms with Crippen molar-refractivity contribution in [2.45, 2.75) is 79.4 Å². The van der Waals surface area contributed by atoms with E-state index in [-0.39, 0.29) is 29.7 Å². The molecule has 0 saturated carbocycles. The zero-order valence-electron chi connectivity index (χ0n) is 23.8. The number of benzene rings is 1. The van der Waals surface area contributed by atoms with Crippen molar-refractivity contribution in [2.24, 2.45) is 5.41 Å². The van der Waals surface area contributed by atoms with Crippen molar-refractivity contribution < 1.29 is 27.6 Å². The average molecular weight is 557 g/mol. The number of hydrogen-bond donors (Lipinski definition) is 2. The summed E-state index contributed by atoms with van der Waals surface area (Å²) in [5.74, 6) is -3.69. The van der Waals surface area contributed by atoms with Gasteiger partial charge in [-0.15, -0.1) is 0 Å². The Morgan fingerprint density at radius 2 is 1.73 bits per heavy atom. The van der Waals surface area contributed by atoms with Crippen LogP contribution >= 0.6 is 0 Å². The number of rotatable bonds is 7. The Morgan fingerprint density at radius 3 is 2.25 bits per heavy atom. The van der Waals surface area contributed by atoms with Crippen LogP contribution in [0.5, 0.6) is 0 Å². The second kappa shape index (κ2) is 11.1. The van der Waals surface area contributed by atoms with Gasteiger partial charge in [0, 0.05) is 23.1 Å². The van der Waals surface area contributed by atoms with Crippen LogP contribution in [0.25, 0.3) is 11.3 Å². The maximum Gasteiger partial charge on any atom is 0.413 e. The predicted octanol–water partition coefficient (Wildman–Crippen LogP) is 6.66. The molecule has 2 amide bonds. The van der Waals surface area contributed by atoms with Crippen LogP contribution in [0.3, 0.4) is 0 Å². The fourth-order valence-electron chi connectivity index (χ4n) is 3.65. The van der Waals surface area contributed by atoms with Crippen molar-refractivity contribution in [3.05, 3.63) is 47.2 Å². The zero-order chi connectivity index (χ0) is 30.0. The van der Waals surface area contributed by atoms with Gasteiger partial charge in [-0.25, -0.2) is 9.48 Å². The summed E-state index contributed by atoms with van der Waals surface area (Å²) in [6, 6.07) is 9.73. The third-order valence-corrected chi connectivity index (χ3v) is 5.76. The molecule has 2 aromatic heterocycles. The highest BCUT2D eigenvalue weighted by Crippen LogP contribution is 2.44. The van der Waals surface area contributed by atoms with E-state index in [1.807, 2.05) is 13.8 Å². The summed E-state index contributed by atoms with van der Waals surface area (Å²) in [4.78, 5) is 24.9. The van der Waals surface area contributed by atoms with Crippen LogP contribution in [0, 0.1) is 16.7 Å². The largest absolute Gasteiger partial charge is 0.444 e. The van der Waals surface area contributed by atoms with Crippen molar-refractivity contribution in [1.29, 1.82) is 5.26 Å². The quantitative estimate of drug-likeness (QED) is 0.332. The van der Waals surface area contributed by atoms with Gasteiger partial charge in [-0.2, -0.15) is 19.1 Å². The van der Waals surface area contributed by atoms with Gasteiger partial charge < -0.3 is 9.26 Å². The normalized spacial score (nSPS) is 12.2. The van der Waals surface area contributed by atoms with E-state index >= 15 is 0 Å². The standard InChI is InChI=1S/C28H34F2N6O4/c1-16(2)36-24(33-25(38)39-27(6,7)8)19(15-31)23(34-36)18-11-9-17(10-12-18)13-21(37)32-22-14-20(35-40-22)28(29,30)26(3,4)5/h9-12,14,16H,13H2,1-8H3,(H,32,37)(H,33,38). The minimum absolute atomic E-state index is 0.0665. The van der Waals surface area contributed by atoms with E-state index in [2.05, 4.69) is 27.0 Å². The Hall–Kier alpha value is -4.27. The first-order chi connectivity index (χ1) is 18.4. The first-order valence-electron chi connectivity index (χ1n) is 12.7. The number of amides is 2. The molecule has 0 aliphatic heterocycles. The maximum absolute atomic E-state index is 14.5. The molecule has 12 heteroatoms. The summed E-state index contributed by atoms with van der Waals surface area (Å²) in [6.45, 7) is 13.1. The van der Waals surface area contributed by atoms with Gasteiger partial charge >= 0.3 is 6.09 Å². The number of aromatic nitrogens is 3. The van der Waals surface area contributed by atoms with E-state index in [0.29, 0.717) is 16.8 Å². The van der Waals surface area contributed by atoms with Crippen LogP contribution in [-0.4, -0.2) is 32.5 Å². The number of hydrogen-bond acceptors (Lipinski definition) is 7. The monoisotopic (exact) mass is 556 g/mol. The van der Waals surface area contributed by atoms with E-state index in [0.717, 1.165) is 6.07 Å². The molecule has 1 aromatic carbocycles. The maximum atomic E-state index is 14.5. The molecule has 10 nitrogen and oxygen atoms in total.